The van der Waals surface area contributed by atoms with Gasteiger partial charge in [-0.25, -0.2) is 14.2 Å². The van der Waals surface area contributed by atoms with Crippen molar-refractivity contribution in [3.05, 3.63) is 56.6 Å². The first-order valence-corrected chi connectivity index (χ1v) is 15.4. The molecule has 1 saturated carbocycles. The van der Waals surface area contributed by atoms with Gasteiger partial charge in [0, 0.05) is 36.8 Å². The zero-order valence-electron chi connectivity index (χ0n) is 24.0. The molecule has 1 aliphatic carbocycles. The summed E-state index contributed by atoms with van der Waals surface area (Å²) in [7, 11) is -0.663. The van der Waals surface area contributed by atoms with Crippen LogP contribution in [0.1, 0.15) is 34.8 Å². The number of nitrogens with zero attached hydrogens (tertiary/aromatic N) is 4. The van der Waals surface area contributed by atoms with E-state index in [1.165, 1.54) is 20.4 Å². The summed E-state index contributed by atoms with van der Waals surface area (Å²) < 4.78 is 53.4. The third-order valence-corrected chi connectivity index (χ3v) is 7.34. The van der Waals surface area contributed by atoms with E-state index in [-0.39, 0.29) is 48.5 Å². The number of methoxy groups -OCH3 is 2. The second-order valence-electron chi connectivity index (χ2n) is 10.2. The summed E-state index contributed by atoms with van der Waals surface area (Å²) in [6.45, 7) is 0.853. The van der Waals surface area contributed by atoms with Crippen molar-refractivity contribution >= 4 is 50.3 Å². The van der Waals surface area contributed by atoms with Crippen molar-refractivity contribution in [1.29, 1.82) is 0 Å². The molecule has 1 aromatic carbocycles. The number of carboxylic acid groups (broad SMARTS) is 1. The number of hydrogen-bond donors (Lipinski definition) is 3. The summed E-state index contributed by atoms with van der Waals surface area (Å²) in [6.07, 6.45) is 3.66. The molecule has 0 spiro atoms. The third-order valence-electron chi connectivity index (χ3n) is 6.93. The number of pyridine rings is 2. The summed E-state index contributed by atoms with van der Waals surface area (Å²) >= 11 is 6.42. The van der Waals surface area contributed by atoms with Crippen LogP contribution in [0, 0.1) is 11.7 Å². The van der Waals surface area contributed by atoms with Crippen LogP contribution < -0.4 is 25.5 Å². The largest absolute Gasteiger partial charge is 0.493 e. The molecule has 1 saturated heterocycles. The Labute approximate surface area is 256 Å². The van der Waals surface area contributed by atoms with Crippen LogP contribution in [-0.4, -0.2) is 79.4 Å². The van der Waals surface area contributed by atoms with Crippen LogP contribution >= 0.6 is 11.6 Å². The van der Waals surface area contributed by atoms with Crippen molar-refractivity contribution < 1.29 is 41.6 Å². The number of carboxylic acids is 1. The van der Waals surface area contributed by atoms with E-state index >= 15 is 4.39 Å². The molecule has 0 radical (unpaired) electrons. The SMILES string of the molecule is COc1ccc(CO/N=C2\CN(c3nc4c(cc3F)c(=O)c(C(=O)O)cn4C3CC3)CC2CN)c(Cl)c1OC.CS(=O)(=O)O. The van der Waals surface area contributed by atoms with E-state index in [0.717, 1.165) is 18.9 Å². The highest BCUT2D eigenvalue weighted by Gasteiger charge is 2.33. The topological polar surface area (TPSA) is 196 Å². The molecule has 5 rings (SSSR count). The van der Waals surface area contributed by atoms with Crippen molar-refractivity contribution in [2.45, 2.75) is 25.5 Å². The van der Waals surface area contributed by atoms with Crippen LogP contribution in [-0.2, 0) is 21.6 Å². The number of nitrogens with two attached hydrogens (primary N) is 1. The normalized spacial score (nSPS) is 17.4. The summed E-state index contributed by atoms with van der Waals surface area (Å²) in [6, 6.07) is 4.54. The van der Waals surface area contributed by atoms with Crippen molar-refractivity contribution in [2.24, 2.45) is 16.8 Å². The van der Waals surface area contributed by atoms with Crippen molar-refractivity contribution in [3.8, 4) is 11.5 Å². The van der Waals surface area contributed by atoms with Crippen LogP contribution in [0.5, 0.6) is 11.5 Å². The average Bonchev–Trinajstić information content (AvgIpc) is 3.72. The predicted octanol–water partition coefficient (Wildman–Crippen LogP) is 2.71. The number of fused-ring (bicyclic) bond motifs is 1. The molecule has 2 fully saturated rings. The Morgan fingerprint density at radius 1 is 1.27 bits per heavy atom. The van der Waals surface area contributed by atoms with Crippen LogP contribution in [0.4, 0.5) is 10.2 Å². The van der Waals surface area contributed by atoms with Crippen molar-refractivity contribution in [2.75, 3.05) is 45.0 Å². The number of oxime groups is 1. The third kappa shape index (κ3) is 7.38. The Morgan fingerprint density at radius 3 is 2.52 bits per heavy atom. The van der Waals surface area contributed by atoms with Gasteiger partial charge in [0.15, 0.2) is 23.1 Å². The zero-order valence-corrected chi connectivity index (χ0v) is 25.6. The second-order valence-corrected chi connectivity index (χ2v) is 12.0. The van der Waals surface area contributed by atoms with E-state index in [0.29, 0.717) is 40.6 Å². The van der Waals surface area contributed by atoms with Gasteiger partial charge in [0.05, 0.1) is 43.1 Å². The molecule has 17 heteroatoms. The molecule has 1 atom stereocenters. The minimum absolute atomic E-state index is 0.0151. The van der Waals surface area contributed by atoms with Crippen LogP contribution in [0.2, 0.25) is 5.02 Å². The number of benzene rings is 1. The molecule has 2 aliphatic rings. The number of carbonyl (C=O) groups is 1. The van der Waals surface area contributed by atoms with Gasteiger partial charge in [0.2, 0.25) is 5.43 Å². The number of aromatic carboxylic acids is 1. The van der Waals surface area contributed by atoms with Gasteiger partial charge in [-0.15, -0.1) is 0 Å². The molecule has 0 amide bonds. The molecule has 0 bridgehead atoms. The van der Waals surface area contributed by atoms with Gasteiger partial charge >= 0.3 is 5.97 Å². The molecule has 3 aromatic rings. The number of anilines is 1. The van der Waals surface area contributed by atoms with Crippen LogP contribution in [0.15, 0.2) is 34.3 Å². The first-order valence-electron chi connectivity index (χ1n) is 13.2. The Morgan fingerprint density at radius 2 is 1.95 bits per heavy atom. The number of aromatic nitrogens is 2. The maximum atomic E-state index is 15.3. The van der Waals surface area contributed by atoms with Crippen LogP contribution in [0.3, 0.4) is 0 Å². The van der Waals surface area contributed by atoms with Crippen LogP contribution in [0.25, 0.3) is 11.0 Å². The van der Waals surface area contributed by atoms with E-state index < -0.39 is 32.9 Å². The molecule has 4 N–H and O–H groups in total. The fourth-order valence-corrected chi connectivity index (χ4v) is 4.99. The monoisotopic (exact) mass is 655 g/mol. The summed E-state index contributed by atoms with van der Waals surface area (Å²) in [5.41, 5.74) is 6.30. The summed E-state index contributed by atoms with van der Waals surface area (Å²) in [4.78, 5) is 36.1. The average molecular weight is 656 g/mol. The van der Waals surface area contributed by atoms with Crippen molar-refractivity contribution in [3.63, 3.8) is 0 Å². The van der Waals surface area contributed by atoms with Gasteiger partial charge in [0.1, 0.15) is 17.8 Å². The molecule has 1 aliphatic heterocycles. The lowest BCUT2D eigenvalue weighted by atomic mass is 10.1. The number of ether oxygens (including phenoxy) is 2. The van der Waals surface area contributed by atoms with Gasteiger partial charge in [-0.05, 0) is 25.0 Å². The standard InChI is InChI=1S/C26H27ClFN5O6.CH4O3S/c1-37-20-6-3-13(21(27)23(20)38-2)12-39-31-19-11-32(9-14(19)8-29)25-18(28)7-16-22(34)17(26(35)36)10-33(15-4-5-15)24(16)30-25;1-5(2,3)4/h3,6-7,10,14-15H,4-5,8-9,11-12,29H2,1-2H3,(H,35,36);1H3,(H,2,3,4)/b31-19+;. The first kappa shape index (κ1) is 32.9. The minimum Gasteiger partial charge on any atom is -0.493 e. The summed E-state index contributed by atoms with van der Waals surface area (Å²) in [5.74, 6) is -1.41. The number of halogens is 2. The van der Waals surface area contributed by atoms with E-state index in [4.69, 9.17) is 36.2 Å². The Kier molecular flexibility index (Phi) is 9.98. The fourth-order valence-electron chi connectivity index (χ4n) is 4.70. The molecule has 238 valence electrons. The van der Waals surface area contributed by atoms with E-state index in [1.54, 1.807) is 21.6 Å². The van der Waals surface area contributed by atoms with Gasteiger partial charge in [-0.3, -0.25) is 9.35 Å². The molecular weight excluding hydrogens is 625 g/mol. The highest BCUT2D eigenvalue weighted by Crippen LogP contribution is 2.38. The lowest BCUT2D eigenvalue weighted by molar-refractivity contribution is 0.0694. The molecule has 3 heterocycles. The lowest BCUT2D eigenvalue weighted by Gasteiger charge is -2.19. The second kappa shape index (κ2) is 13.3. The smallest absolute Gasteiger partial charge is 0.341 e. The quantitative estimate of drug-likeness (QED) is 0.226. The Balaban J connectivity index is 0.000000818. The number of hydrogen-bond acceptors (Lipinski definition) is 11. The molecule has 14 nitrogen and oxygen atoms in total. The molecule has 2 aromatic heterocycles. The Hall–Kier alpha value is -3.99. The van der Waals surface area contributed by atoms with E-state index in [1.807, 2.05) is 0 Å². The zero-order chi connectivity index (χ0) is 32.3. The van der Waals surface area contributed by atoms with E-state index in [9.17, 15) is 23.1 Å². The highest BCUT2D eigenvalue weighted by molar-refractivity contribution is 7.85. The first-order chi connectivity index (χ1) is 20.8. The van der Waals surface area contributed by atoms with E-state index in [2.05, 4.69) is 10.1 Å². The van der Waals surface area contributed by atoms with Crippen molar-refractivity contribution in [1.82, 2.24) is 9.55 Å². The molecule has 44 heavy (non-hydrogen) atoms. The maximum Gasteiger partial charge on any atom is 0.341 e. The van der Waals surface area contributed by atoms with Gasteiger partial charge < -0.3 is 34.6 Å². The molecule has 1 unspecified atom stereocenters. The predicted molar refractivity (Wildman–Crippen MR) is 160 cm³/mol. The van der Waals surface area contributed by atoms with Gasteiger partial charge in [0.25, 0.3) is 10.1 Å². The number of rotatable bonds is 9. The highest BCUT2D eigenvalue weighted by atomic mass is 35.5. The maximum absolute atomic E-state index is 15.3. The Bertz CT molecular complexity index is 1770. The van der Waals surface area contributed by atoms with Gasteiger partial charge in [-0.2, -0.15) is 8.42 Å². The minimum atomic E-state index is -3.67. The summed E-state index contributed by atoms with van der Waals surface area (Å²) in [5, 5.41) is 14.0. The van der Waals surface area contributed by atoms with Gasteiger partial charge in [-0.1, -0.05) is 22.8 Å². The lowest BCUT2D eigenvalue weighted by Crippen LogP contribution is -2.26. The fraction of sp³-hybridized carbons (Fsp3) is 0.407. The molecular formula is C27H31ClFN5O9S.